The second-order valence-electron chi connectivity index (χ2n) is 6.25. The molecule has 7 nitrogen and oxygen atoms in total. The molecule has 3 rings (SSSR count). The topological polar surface area (TPSA) is 90.7 Å². The summed E-state index contributed by atoms with van der Waals surface area (Å²) in [6.45, 7) is 0. The minimum Gasteiger partial charge on any atom is -0.497 e. The van der Waals surface area contributed by atoms with E-state index < -0.39 is 34.0 Å². The van der Waals surface area contributed by atoms with E-state index in [9.17, 15) is 28.1 Å². The molecule has 1 N–H and O–H groups in total. The molecule has 0 aliphatic rings. The van der Waals surface area contributed by atoms with Crippen molar-refractivity contribution in [3.63, 3.8) is 0 Å². The first-order chi connectivity index (χ1) is 14.7. The molecule has 0 bridgehead atoms. The Bertz CT molecular complexity index is 1110. The van der Waals surface area contributed by atoms with Gasteiger partial charge in [-0.1, -0.05) is 6.07 Å². The zero-order valence-corrected chi connectivity index (χ0v) is 16.0. The van der Waals surface area contributed by atoms with Gasteiger partial charge >= 0.3 is 6.18 Å². The van der Waals surface area contributed by atoms with E-state index in [1.807, 2.05) is 0 Å². The molecular weight excluding hydrogens is 417 g/mol. The number of amides is 1. The zero-order valence-electron chi connectivity index (χ0n) is 16.0. The number of non-ortho nitro benzene ring substituents is 1. The van der Waals surface area contributed by atoms with E-state index >= 15 is 0 Å². The highest BCUT2D eigenvalue weighted by molar-refractivity contribution is 6.04. The highest BCUT2D eigenvalue weighted by atomic mass is 19.4. The van der Waals surface area contributed by atoms with E-state index in [1.165, 1.54) is 31.4 Å². The van der Waals surface area contributed by atoms with Crippen LogP contribution in [0.25, 0.3) is 0 Å². The number of nitrogens with zero attached hydrogens (tertiary/aromatic N) is 1. The fourth-order valence-corrected chi connectivity index (χ4v) is 2.65. The average molecular weight is 432 g/mol. The Morgan fingerprint density at radius 3 is 2.32 bits per heavy atom. The van der Waals surface area contributed by atoms with E-state index in [4.69, 9.17) is 9.47 Å². The van der Waals surface area contributed by atoms with Crippen molar-refractivity contribution in [2.75, 3.05) is 12.4 Å². The van der Waals surface area contributed by atoms with Gasteiger partial charge in [0, 0.05) is 23.4 Å². The largest absolute Gasteiger partial charge is 0.497 e. The molecule has 0 unspecified atom stereocenters. The minimum absolute atomic E-state index is 0.0401. The molecule has 3 aromatic carbocycles. The average Bonchev–Trinajstić information content (AvgIpc) is 2.74. The van der Waals surface area contributed by atoms with Crippen molar-refractivity contribution >= 4 is 17.3 Å². The van der Waals surface area contributed by atoms with Gasteiger partial charge in [-0.05, 0) is 48.5 Å². The van der Waals surface area contributed by atoms with Crippen molar-refractivity contribution < 1.29 is 32.4 Å². The second-order valence-corrected chi connectivity index (χ2v) is 6.25. The summed E-state index contributed by atoms with van der Waals surface area (Å²) in [4.78, 5) is 22.3. The predicted octanol–water partition coefficient (Wildman–Crippen LogP) is 5.67. The third-order valence-electron chi connectivity index (χ3n) is 4.15. The predicted molar refractivity (Wildman–Crippen MR) is 106 cm³/mol. The Hall–Kier alpha value is -4.08. The highest BCUT2D eigenvalue weighted by Gasteiger charge is 2.36. The van der Waals surface area contributed by atoms with Gasteiger partial charge in [-0.25, -0.2) is 0 Å². The lowest BCUT2D eigenvalue weighted by atomic mass is 10.1. The minimum atomic E-state index is -4.87. The lowest BCUT2D eigenvalue weighted by Crippen LogP contribution is -2.12. The van der Waals surface area contributed by atoms with Crippen molar-refractivity contribution in [1.82, 2.24) is 0 Å². The van der Waals surface area contributed by atoms with Gasteiger partial charge in [-0.15, -0.1) is 0 Å². The first-order valence-corrected chi connectivity index (χ1v) is 8.76. The van der Waals surface area contributed by atoms with Crippen molar-refractivity contribution in [2.24, 2.45) is 0 Å². The Morgan fingerprint density at radius 1 is 1.00 bits per heavy atom. The molecular formula is C21H15F3N2O5. The van der Waals surface area contributed by atoms with Crippen LogP contribution in [0.15, 0.2) is 66.7 Å². The van der Waals surface area contributed by atoms with Gasteiger partial charge in [0.25, 0.3) is 11.6 Å². The van der Waals surface area contributed by atoms with Crippen molar-refractivity contribution in [1.29, 1.82) is 0 Å². The summed E-state index contributed by atoms with van der Waals surface area (Å²) in [6, 6.07) is 14.3. The fourth-order valence-electron chi connectivity index (χ4n) is 2.65. The zero-order chi connectivity index (χ0) is 22.6. The first kappa shape index (κ1) is 21.6. The van der Waals surface area contributed by atoms with E-state index in [0.717, 1.165) is 12.1 Å². The number of rotatable bonds is 6. The van der Waals surface area contributed by atoms with Crippen LogP contribution in [-0.4, -0.2) is 17.9 Å². The maximum absolute atomic E-state index is 13.3. The molecule has 0 aliphatic carbocycles. The van der Waals surface area contributed by atoms with Crippen LogP contribution in [0.3, 0.4) is 0 Å². The number of methoxy groups -OCH3 is 1. The summed E-state index contributed by atoms with van der Waals surface area (Å²) < 4.78 is 50.3. The van der Waals surface area contributed by atoms with Crippen molar-refractivity contribution in [2.45, 2.75) is 6.18 Å². The molecule has 0 spiro atoms. The van der Waals surface area contributed by atoms with Crippen LogP contribution in [0, 0.1) is 10.1 Å². The summed E-state index contributed by atoms with van der Waals surface area (Å²) in [7, 11) is 1.51. The number of carbonyl (C=O) groups excluding carboxylic acids is 1. The highest BCUT2D eigenvalue weighted by Crippen LogP contribution is 2.40. The first-order valence-electron chi connectivity index (χ1n) is 8.76. The molecule has 0 heterocycles. The number of anilines is 1. The molecule has 0 fully saturated rings. The molecule has 0 saturated carbocycles. The summed E-state index contributed by atoms with van der Waals surface area (Å²) in [5.74, 6) is -0.556. The van der Waals surface area contributed by atoms with E-state index in [2.05, 4.69) is 5.32 Å². The van der Waals surface area contributed by atoms with Crippen LogP contribution in [-0.2, 0) is 6.18 Å². The molecule has 1 amide bonds. The number of alkyl halides is 3. The van der Waals surface area contributed by atoms with Gasteiger partial charge in [-0.2, -0.15) is 13.2 Å². The van der Waals surface area contributed by atoms with Crippen molar-refractivity contribution in [3.05, 3.63) is 88.0 Å². The van der Waals surface area contributed by atoms with Crippen molar-refractivity contribution in [3.8, 4) is 17.2 Å². The second kappa shape index (κ2) is 8.74. The smallest absolute Gasteiger partial charge is 0.420 e. The molecule has 0 saturated heterocycles. The number of ether oxygens (including phenoxy) is 2. The molecule has 0 aromatic heterocycles. The van der Waals surface area contributed by atoms with E-state index in [1.54, 1.807) is 24.3 Å². The number of hydrogen-bond donors (Lipinski definition) is 1. The maximum Gasteiger partial charge on any atom is 0.420 e. The summed E-state index contributed by atoms with van der Waals surface area (Å²) >= 11 is 0. The lowest BCUT2D eigenvalue weighted by Gasteiger charge is -2.14. The number of nitro groups is 1. The van der Waals surface area contributed by atoms with Gasteiger partial charge in [0.05, 0.1) is 12.0 Å². The number of halogens is 3. The molecule has 3 aromatic rings. The molecule has 10 heteroatoms. The number of nitrogens with one attached hydrogen (secondary N) is 1. The molecule has 0 atom stereocenters. The van der Waals surface area contributed by atoms with Crippen LogP contribution < -0.4 is 14.8 Å². The molecule has 31 heavy (non-hydrogen) atoms. The number of carbonyl (C=O) groups is 1. The summed E-state index contributed by atoms with van der Waals surface area (Å²) in [5.41, 5.74) is -1.38. The number of hydrogen-bond acceptors (Lipinski definition) is 5. The standard InChI is InChI=1S/C21H15F3N2O5/c1-30-16-8-5-14(6-9-16)25-20(27)13-3-2-4-17(11-13)31-19-10-7-15(26(28)29)12-18(19)21(22,23)24/h2-12H,1H3,(H,25,27). The van der Waals surface area contributed by atoms with Crippen LogP contribution in [0.5, 0.6) is 17.2 Å². The van der Waals surface area contributed by atoms with Gasteiger partial charge in [0.2, 0.25) is 0 Å². The van der Waals surface area contributed by atoms with Gasteiger partial charge < -0.3 is 14.8 Å². The molecule has 0 radical (unpaired) electrons. The van der Waals surface area contributed by atoms with Crippen LogP contribution >= 0.6 is 0 Å². The molecule has 0 aliphatic heterocycles. The molecule has 160 valence electrons. The van der Waals surface area contributed by atoms with Gasteiger partial charge in [-0.3, -0.25) is 14.9 Å². The van der Waals surface area contributed by atoms with Crippen LogP contribution in [0.1, 0.15) is 15.9 Å². The quantitative estimate of drug-likeness (QED) is 0.401. The SMILES string of the molecule is COc1ccc(NC(=O)c2cccc(Oc3ccc([N+](=O)[O-])cc3C(F)(F)F)c2)cc1. The maximum atomic E-state index is 13.3. The van der Waals surface area contributed by atoms with Crippen LogP contribution in [0.2, 0.25) is 0 Å². The Kier molecular flexibility index (Phi) is 6.10. The van der Waals surface area contributed by atoms with E-state index in [0.29, 0.717) is 17.5 Å². The lowest BCUT2D eigenvalue weighted by molar-refractivity contribution is -0.385. The monoisotopic (exact) mass is 432 g/mol. The van der Waals surface area contributed by atoms with Gasteiger partial charge in [0.15, 0.2) is 0 Å². The summed E-state index contributed by atoms with van der Waals surface area (Å²) in [6.07, 6.45) is -4.87. The van der Waals surface area contributed by atoms with Crippen LogP contribution in [0.4, 0.5) is 24.5 Å². The third-order valence-corrected chi connectivity index (χ3v) is 4.15. The number of benzene rings is 3. The Balaban J connectivity index is 1.83. The van der Waals surface area contributed by atoms with Gasteiger partial charge in [0.1, 0.15) is 22.8 Å². The third kappa shape index (κ3) is 5.30. The normalized spacial score (nSPS) is 11.0. The fraction of sp³-hybridized carbons (Fsp3) is 0.0952. The van der Waals surface area contributed by atoms with E-state index in [-0.39, 0.29) is 11.3 Å². The number of nitro benzene ring substituents is 1. The Morgan fingerprint density at radius 2 is 1.71 bits per heavy atom. The Labute approximate surface area is 174 Å². The summed E-state index contributed by atoms with van der Waals surface area (Å²) in [5, 5.41) is 13.5.